The van der Waals surface area contributed by atoms with Crippen LogP contribution in [0.4, 0.5) is 10.1 Å². The Hall–Kier alpha value is -3.22. The molecule has 0 spiro atoms. The van der Waals surface area contributed by atoms with Crippen molar-refractivity contribution in [3.63, 3.8) is 0 Å². The van der Waals surface area contributed by atoms with E-state index in [9.17, 15) is 4.79 Å². The third-order valence-electron chi connectivity index (χ3n) is 7.93. The fourth-order valence-electron chi connectivity index (χ4n) is 5.74. The molecule has 1 aliphatic heterocycles. The van der Waals surface area contributed by atoms with Crippen molar-refractivity contribution < 1.29 is 4.39 Å². The first-order valence-electron chi connectivity index (χ1n) is 13.3. The molecule has 3 atom stereocenters. The summed E-state index contributed by atoms with van der Waals surface area (Å²) >= 11 is 1.41. The minimum atomic E-state index is -0.153. The van der Waals surface area contributed by atoms with Crippen molar-refractivity contribution in [2.24, 2.45) is 7.05 Å². The average Bonchev–Trinajstić information content (AvgIpc) is 3.52. The van der Waals surface area contributed by atoms with E-state index in [0.717, 1.165) is 58.7 Å². The molecule has 1 fully saturated rings. The number of aryl methyl sites for hydroxylation is 2. The van der Waals surface area contributed by atoms with Gasteiger partial charge < -0.3 is 9.47 Å². The van der Waals surface area contributed by atoms with Crippen molar-refractivity contribution >= 4 is 38.3 Å². The highest BCUT2D eigenvalue weighted by Crippen LogP contribution is 2.37. The minimum absolute atomic E-state index is 0.0532. The van der Waals surface area contributed by atoms with Gasteiger partial charge in [0.15, 0.2) is 0 Å². The van der Waals surface area contributed by atoms with Crippen LogP contribution in [0.5, 0.6) is 0 Å². The van der Waals surface area contributed by atoms with Gasteiger partial charge in [0.2, 0.25) is 0 Å². The van der Waals surface area contributed by atoms with Crippen LogP contribution in [0.2, 0.25) is 0 Å². The van der Waals surface area contributed by atoms with Crippen molar-refractivity contribution in [2.45, 2.75) is 72.1 Å². The topological polar surface area (TPSA) is 59.2 Å². The highest BCUT2D eigenvalue weighted by atomic mass is 32.1. The Labute approximate surface area is 226 Å². The Kier molecular flexibility index (Phi) is 7.30. The highest BCUT2D eigenvalue weighted by molar-refractivity contribution is 7.18. The van der Waals surface area contributed by atoms with Crippen molar-refractivity contribution in [3.8, 4) is 11.8 Å². The minimum Gasteiger partial charge on any atom is -0.364 e. The van der Waals surface area contributed by atoms with Crippen LogP contribution in [-0.2, 0) is 13.6 Å². The van der Waals surface area contributed by atoms with Crippen molar-refractivity contribution in [1.82, 2.24) is 24.2 Å². The lowest BCUT2D eigenvalue weighted by Gasteiger charge is -2.49. The molecular formula is C29H35FN6OS. The molecule has 1 unspecified atom stereocenters. The van der Waals surface area contributed by atoms with Crippen LogP contribution < -0.4 is 10.5 Å². The van der Waals surface area contributed by atoms with Gasteiger partial charge in [0.25, 0.3) is 5.56 Å². The van der Waals surface area contributed by atoms with Gasteiger partial charge in [-0.15, -0.1) is 17.3 Å². The summed E-state index contributed by atoms with van der Waals surface area (Å²) in [5.74, 6) is 5.81. The summed E-state index contributed by atoms with van der Waals surface area (Å²) < 4.78 is 19.8. The lowest BCUT2D eigenvalue weighted by Crippen LogP contribution is -2.59. The number of halogens is 1. The van der Waals surface area contributed by atoms with E-state index < -0.39 is 0 Å². The number of benzene rings is 1. The smallest absolute Gasteiger partial charge is 0.252 e. The van der Waals surface area contributed by atoms with E-state index in [2.05, 4.69) is 47.4 Å². The van der Waals surface area contributed by atoms with Gasteiger partial charge in [-0.25, -0.2) is 9.37 Å². The molecule has 3 aromatic heterocycles. The predicted octanol–water partition coefficient (Wildman–Crippen LogP) is 5.26. The van der Waals surface area contributed by atoms with Gasteiger partial charge in [-0.2, -0.15) is 5.10 Å². The molecule has 1 aliphatic rings. The second-order valence-electron chi connectivity index (χ2n) is 10.1. The first-order valence-corrected chi connectivity index (χ1v) is 14.1. The molecule has 4 heterocycles. The Bertz CT molecular complexity index is 1610. The third kappa shape index (κ3) is 4.50. The van der Waals surface area contributed by atoms with Crippen molar-refractivity contribution in [1.29, 1.82) is 0 Å². The molecule has 0 saturated carbocycles. The third-order valence-corrected chi connectivity index (χ3v) is 8.91. The molecule has 0 aliphatic carbocycles. The van der Waals surface area contributed by atoms with E-state index in [0.29, 0.717) is 11.2 Å². The maximum absolute atomic E-state index is 15.7. The number of fused-ring (bicyclic) bond motifs is 2. The van der Waals surface area contributed by atoms with Gasteiger partial charge in [0.05, 0.1) is 32.6 Å². The quantitative estimate of drug-likeness (QED) is 0.316. The zero-order valence-electron chi connectivity index (χ0n) is 23.0. The maximum atomic E-state index is 15.7. The normalized spacial score (nSPS) is 19.2. The average molecular weight is 535 g/mol. The monoisotopic (exact) mass is 534 g/mol. The van der Waals surface area contributed by atoms with E-state index in [1.807, 2.05) is 32.2 Å². The number of hydrogen-bond acceptors (Lipinski definition) is 6. The van der Waals surface area contributed by atoms with Crippen molar-refractivity contribution in [3.05, 3.63) is 51.1 Å². The van der Waals surface area contributed by atoms with Crippen LogP contribution in [0.15, 0.2) is 29.2 Å². The molecule has 4 aromatic rings. The molecule has 1 aromatic carbocycles. The van der Waals surface area contributed by atoms with Crippen LogP contribution in [0, 0.1) is 24.6 Å². The highest BCUT2D eigenvalue weighted by Gasteiger charge is 2.37. The lowest BCUT2D eigenvalue weighted by atomic mass is 9.96. The van der Waals surface area contributed by atoms with Gasteiger partial charge in [-0.05, 0) is 39.7 Å². The number of hydrogen-bond donors (Lipinski definition) is 0. The summed E-state index contributed by atoms with van der Waals surface area (Å²) in [7, 11) is 1.79. The number of aromatic nitrogens is 4. The number of rotatable bonds is 6. The summed E-state index contributed by atoms with van der Waals surface area (Å²) in [6.07, 6.45) is 3.71. The standard InChI is InChI=1S/C29H35FN6OS/c1-7-10-13-34-17-25-28(32-34)24(14-26(37)33(25)6)36-16-20(8-2)35(15-21(36)9-3)18(4)22-11-12-23-29(27(22)30)38-19(5)31-23/h11-12,14,17-18,20-21H,8-9,13,15-16H2,1-6H3/t18?,20-,21+/m1/s1. The Morgan fingerprint density at radius 3 is 2.68 bits per heavy atom. The summed E-state index contributed by atoms with van der Waals surface area (Å²) in [5, 5.41) is 5.71. The Morgan fingerprint density at radius 1 is 1.21 bits per heavy atom. The largest absolute Gasteiger partial charge is 0.364 e. The fourth-order valence-corrected chi connectivity index (χ4v) is 6.61. The molecule has 7 nitrogen and oxygen atoms in total. The zero-order valence-corrected chi connectivity index (χ0v) is 23.8. The summed E-state index contributed by atoms with van der Waals surface area (Å²) in [6, 6.07) is 5.83. The summed E-state index contributed by atoms with van der Waals surface area (Å²) in [4.78, 5) is 22.2. The number of piperazine rings is 1. The SMILES string of the molecule is CC#CCn1cc2c(n1)c(N1C[C@@H](CC)N(C(C)c3ccc4nc(C)sc4c3F)C[C@@H]1CC)cc(=O)n2C. The fraction of sp³-hybridized carbons (Fsp3) is 0.483. The number of thiazole rings is 1. The second-order valence-corrected chi connectivity index (χ2v) is 11.3. The van der Waals surface area contributed by atoms with Crippen LogP contribution in [0.25, 0.3) is 21.3 Å². The van der Waals surface area contributed by atoms with Gasteiger partial charge >= 0.3 is 0 Å². The van der Waals surface area contributed by atoms with E-state index >= 15 is 4.39 Å². The number of nitrogens with zero attached hydrogens (tertiary/aromatic N) is 6. The van der Waals surface area contributed by atoms with Crippen LogP contribution in [0.3, 0.4) is 0 Å². The van der Waals surface area contributed by atoms with Crippen molar-refractivity contribution in [2.75, 3.05) is 18.0 Å². The second kappa shape index (κ2) is 10.5. The molecular weight excluding hydrogens is 499 g/mol. The molecule has 5 rings (SSSR count). The first-order chi connectivity index (χ1) is 18.3. The summed E-state index contributed by atoms with van der Waals surface area (Å²) in [6.45, 7) is 12.2. The molecule has 0 radical (unpaired) electrons. The van der Waals surface area contributed by atoms with Gasteiger partial charge in [-0.1, -0.05) is 25.8 Å². The Morgan fingerprint density at radius 2 is 1.97 bits per heavy atom. The maximum Gasteiger partial charge on any atom is 0.252 e. The van der Waals surface area contributed by atoms with E-state index in [1.165, 1.54) is 11.3 Å². The number of pyridine rings is 1. The predicted molar refractivity (Wildman–Crippen MR) is 153 cm³/mol. The summed E-state index contributed by atoms with van der Waals surface area (Å²) in [5.41, 5.74) is 3.88. The van der Waals surface area contributed by atoms with E-state index in [4.69, 9.17) is 5.10 Å². The van der Waals surface area contributed by atoms with Crippen LogP contribution in [-0.4, -0.2) is 49.4 Å². The van der Waals surface area contributed by atoms with Gasteiger partial charge in [-0.3, -0.25) is 14.4 Å². The Balaban J connectivity index is 1.52. The molecule has 9 heteroatoms. The first kappa shape index (κ1) is 26.4. The molecule has 1 saturated heterocycles. The molecule has 200 valence electrons. The molecule has 0 bridgehead atoms. The number of anilines is 1. The van der Waals surface area contributed by atoms with Gasteiger partial charge in [0.1, 0.15) is 17.9 Å². The van der Waals surface area contributed by atoms with Crippen LogP contribution >= 0.6 is 11.3 Å². The van der Waals surface area contributed by atoms with E-state index in [-0.39, 0.29) is 29.5 Å². The molecule has 0 N–H and O–H groups in total. The lowest BCUT2D eigenvalue weighted by molar-refractivity contribution is 0.0995. The molecule has 0 amide bonds. The zero-order chi connectivity index (χ0) is 27.1. The van der Waals surface area contributed by atoms with E-state index in [1.54, 1.807) is 22.4 Å². The van der Waals surface area contributed by atoms with Crippen LogP contribution in [0.1, 0.15) is 57.1 Å². The molecule has 38 heavy (non-hydrogen) atoms. The van der Waals surface area contributed by atoms with Gasteiger partial charge in [0, 0.05) is 49.9 Å².